The van der Waals surface area contributed by atoms with Crippen molar-refractivity contribution in [3.8, 4) is 0 Å². The molecule has 1 N–H and O–H groups in total. The molecule has 1 aliphatic heterocycles. The number of carbonyl (C=O) groups is 1. The molecule has 2 atom stereocenters. The maximum absolute atomic E-state index is 12.5. The number of likely N-dealkylation sites (N-methyl/N-ethyl adjacent to an activating group) is 1. The molecule has 0 aromatic carbocycles. The zero-order valence-electron chi connectivity index (χ0n) is 13.7. The van der Waals surface area contributed by atoms with Crippen LogP contribution in [0.1, 0.15) is 32.1 Å². The van der Waals surface area contributed by atoms with Gasteiger partial charge in [0.15, 0.2) is 5.82 Å². The fraction of sp³-hybridized carbons (Fsp3) is 0.750. The highest BCUT2D eigenvalue weighted by Gasteiger charge is 2.37. The lowest BCUT2D eigenvalue weighted by Crippen LogP contribution is -2.48. The molecule has 2 heterocycles. The van der Waals surface area contributed by atoms with Gasteiger partial charge in [-0.1, -0.05) is 6.42 Å². The van der Waals surface area contributed by atoms with Crippen LogP contribution < -0.4 is 5.32 Å². The molecule has 6 nitrogen and oxygen atoms in total. The fourth-order valence-corrected chi connectivity index (χ4v) is 3.74. The topological polar surface area (TPSA) is 53.4 Å². The normalized spacial score (nSPS) is 24.6. The lowest BCUT2D eigenvalue weighted by atomic mass is 9.92. The summed E-state index contributed by atoms with van der Waals surface area (Å²) in [7, 11) is 4.08. The highest BCUT2D eigenvalue weighted by Crippen LogP contribution is 2.36. The summed E-state index contributed by atoms with van der Waals surface area (Å²) >= 11 is 0. The molecule has 122 valence electrons. The van der Waals surface area contributed by atoms with Gasteiger partial charge in [-0.15, -0.1) is 0 Å². The van der Waals surface area contributed by atoms with Gasteiger partial charge in [-0.2, -0.15) is 5.10 Å². The molecule has 0 radical (unpaired) electrons. The van der Waals surface area contributed by atoms with E-state index in [0.29, 0.717) is 11.9 Å². The van der Waals surface area contributed by atoms with Crippen LogP contribution in [0.15, 0.2) is 12.3 Å². The molecule has 1 aliphatic carbocycles. The summed E-state index contributed by atoms with van der Waals surface area (Å²) in [6.07, 6.45) is 8.05. The van der Waals surface area contributed by atoms with Gasteiger partial charge in [0.1, 0.15) is 0 Å². The quantitative estimate of drug-likeness (QED) is 0.928. The fourth-order valence-electron chi connectivity index (χ4n) is 3.74. The lowest BCUT2D eigenvalue weighted by molar-refractivity contribution is 0.138. The Labute approximate surface area is 132 Å². The number of nitrogens with zero attached hydrogens (tertiary/aromatic N) is 4. The Kier molecular flexibility index (Phi) is 4.66. The van der Waals surface area contributed by atoms with Crippen molar-refractivity contribution in [2.24, 2.45) is 5.92 Å². The summed E-state index contributed by atoms with van der Waals surface area (Å²) in [5.41, 5.74) is 0. The third-order valence-corrected chi connectivity index (χ3v) is 4.91. The first-order valence-electron chi connectivity index (χ1n) is 8.39. The minimum absolute atomic E-state index is 0.0226. The van der Waals surface area contributed by atoms with Crippen molar-refractivity contribution in [1.82, 2.24) is 19.6 Å². The monoisotopic (exact) mass is 305 g/mol. The number of nitrogens with one attached hydrogen (secondary N) is 1. The van der Waals surface area contributed by atoms with Crippen LogP contribution in [0.4, 0.5) is 10.6 Å². The second kappa shape index (κ2) is 6.69. The summed E-state index contributed by atoms with van der Waals surface area (Å²) in [6, 6.07) is 2.35. The van der Waals surface area contributed by atoms with Gasteiger partial charge in [-0.05, 0) is 45.7 Å². The number of likely N-dealkylation sites (tertiary alicyclic amines) is 1. The van der Waals surface area contributed by atoms with Crippen LogP contribution in [0.2, 0.25) is 0 Å². The maximum Gasteiger partial charge on any atom is 0.323 e. The zero-order valence-corrected chi connectivity index (χ0v) is 13.7. The second-order valence-electron chi connectivity index (χ2n) is 6.79. The Hall–Kier alpha value is -1.56. The van der Waals surface area contributed by atoms with E-state index in [0.717, 1.165) is 38.4 Å². The number of urea groups is 1. The summed E-state index contributed by atoms with van der Waals surface area (Å²) in [5, 5.41) is 7.41. The molecule has 2 aliphatic rings. The third-order valence-electron chi connectivity index (χ3n) is 4.91. The van der Waals surface area contributed by atoms with Gasteiger partial charge in [-0.25, -0.2) is 4.79 Å². The van der Waals surface area contributed by atoms with E-state index in [4.69, 9.17) is 0 Å². The van der Waals surface area contributed by atoms with Crippen LogP contribution >= 0.6 is 0 Å². The van der Waals surface area contributed by atoms with E-state index in [9.17, 15) is 4.79 Å². The smallest absolute Gasteiger partial charge is 0.321 e. The highest BCUT2D eigenvalue weighted by atomic mass is 16.2. The molecule has 1 saturated carbocycles. The van der Waals surface area contributed by atoms with Crippen molar-refractivity contribution in [3.05, 3.63) is 12.3 Å². The van der Waals surface area contributed by atoms with E-state index in [1.807, 2.05) is 35.9 Å². The molecule has 1 saturated heterocycles. The van der Waals surface area contributed by atoms with Crippen LogP contribution in [0, 0.1) is 5.92 Å². The number of amides is 2. The first-order chi connectivity index (χ1) is 10.6. The number of aromatic nitrogens is 2. The number of fused-ring (bicyclic) bond motifs is 1. The third kappa shape index (κ3) is 3.43. The van der Waals surface area contributed by atoms with Gasteiger partial charge in [0.05, 0.1) is 6.54 Å². The van der Waals surface area contributed by atoms with Crippen LogP contribution in [0.3, 0.4) is 0 Å². The zero-order chi connectivity index (χ0) is 15.5. The van der Waals surface area contributed by atoms with Gasteiger partial charge < -0.3 is 9.80 Å². The van der Waals surface area contributed by atoms with E-state index in [1.54, 1.807) is 0 Å². The summed E-state index contributed by atoms with van der Waals surface area (Å²) in [6.45, 7) is 2.65. The number of piperidine rings is 1. The predicted octanol–water partition coefficient (Wildman–Crippen LogP) is 2.24. The van der Waals surface area contributed by atoms with Gasteiger partial charge in [0, 0.05) is 31.4 Å². The largest absolute Gasteiger partial charge is 0.323 e. The van der Waals surface area contributed by atoms with E-state index in [-0.39, 0.29) is 6.03 Å². The average Bonchev–Trinajstić information content (AvgIpc) is 3.13. The van der Waals surface area contributed by atoms with Crippen LogP contribution in [0.5, 0.6) is 0 Å². The van der Waals surface area contributed by atoms with E-state index in [1.165, 1.54) is 19.3 Å². The second-order valence-corrected chi connectivity index (χ2v) is 6.79. The Balaban J connectivity index is 1.57. The van der Waals surface area contributed by atoms with Gasteiger partial charge in [0.2, 0.25) is 0 Å². The molecule has 2 amide bonds. The standard InChI is InChI=1S/C16H27N5O/c1-19(2)11-12-20-10-8-15(18-20)17-16(22)21-9-4-6-13-5-3-7-14(13)21/h8,10,13-14H,3-7,9,11-12H2,1-2H3,(H,17,18,22)/t13-,14+/m0/s1. The lowest BCUT2D eigenvalue weighted by Gasteiger charge is -2.37. The number of hydrogen-bond donors (Lipinski definition) is 1. The molecule has 1 aromatic rings. The van der Waals surface area contributed by atoms with E-state index in [2.05, 4.69) is 15.3 Å². The van der Waals surface area contributed by atoms with Gasteiger partial charge in [0.25, 0.3) is 0 Å². The molecule has 3 rings (SSSR count). The number of rotatable bonds is 4. The Morgan fingerprint density at radius 3 is 3.00 bits per heavy atom. The van der Waals surface area contributed by atoms with Crippen LogP contribution in [0.25, 0.3) is 0 Å². The van der Waals surface area contributed by atoms with Crippen molar-refractivity contribution in [3.63, 3.8) is 0 Å². The van der Waals surface area contributed by atoms with Crippen molar-refractivity contribution in [1.29, 1.82) is 0 Å². The Morgan fingerprint density at radius 2 is 2.18 bits per heavy atom. The molecule has 0 bridgehead atoms. The highest BCUT2D eigenvalue weighted by molar-refractivity contribution is 5.88. The summed E-state index contributed by atoms with van der Waals surface area (Å²) < 4.78 is 1.88. The minimum atomic E-state index is 0.0226. The minimum Gasteiger partial charge on any atom is -0.321 e. The van der Waals surface area contributed by atoms with Crippen LogP contribution in [-0.2, 0) is 6.54 Å². The molecule has 1 aromatic heterocycles. The van der Waals surface area contributed by atoms with E-state index >= 15 is 0 Å². The predicted molar refractivity (Wildman–Crippen MR) is 86.9 cm³/mol. The Bertz CT molecular complexity index is 512. The van der Waals surface area contributed by atoms with Crippen molar-refractivity contribution in [2.45, 2.75) is 44.7 Å². The first-order valence-corrected chi connectivity index (χ1v) is 8.39. The molecule has 6 heteroatoms. The molecular formula is C16H27N5O. The molecule has 22 heavy (non-hydrogen) atoms. The number of anilines is 1. The molecule has 0 unspecified atom stereocenters. The number of carbonyl (C=O) groups excluding carboxylic acids is 1. The average molecular weight is 305 g/mol. The maximum atomic E-state index is 12.5. The van der Waals surface area contributed by atoms with Gasteiger partial charge in [-0.3, -0.25) is 10.00 Å². The molecular weight excluding hydrogens is 278 g/mol. The van der Waals surface area contributed by atoms with Gasteiger partial charge >= 0.3 is 6.03 Å². The van der Waals surface area contributed by atoms with Crippen molar-refractivity contribution < 1.29 is 4.79 Å². The van der Waals surface area contributed by atoms with Crippen LogP contribution in [-0.4, -0.2) is 58.8 Å². The molecule has 2 fully saturated rings. The first kappa shape index (κ1) is 15.3. The molecule has 0 spiro atoms. The van der Waals surface area contributed by atoms with E-state index < -0.39 is 0 Å². The SMILES string of the molecule is CN(C)CCn1ccc(NC(=O)N2CCC[C@@H]3CCC[C@H]32)n1. The van der Waals surface area contributed by atoms with Crippen molar-refractivity contribution >= 4 is 11.8 Å². The number of hydrogen-bond acceptors (Lipinski definition) is 3. The van der Waals surface area contributed by atoms with Crippen molar-refractivity contribution in [2.75, 3.05) is 32.5 Å². The summed E-state index contributed by atoms with van der Waals surface area (Å²) in [4.78, 5) is 16.7. The Morgan fingerprint density at radius 1 is 1.36 bits per heavy atom. The summed E-state index contributed by atoms with van der Waals surface area (Å²) in [5.74, 6) is 1.38.